The van der Waals surface area contributed by atoms with Crippen molar-refractivity contribution in [3.63, 3.8) is 0 Å². The van der Waals surface area contributed by atoms with E-state index in [2.05, 4.69) is 15.8 Å². The third-order valence-corrected chi connectivity index (χ3v) is 3.81. The molecule has 6 heteroatoms. The molecule has 0 radical (unpaired) electrons. The van der Waals surface area contributed by atoms with Gasteiger partial charge in [0.1, 0.15) is 5.75 Å². The molecule has 3 rings (SSSR count). The molecular formula is C19H16ClN3O2. The van der Waals surface area contributed by atoms with E-state index < -0.39 is 6.03 Å². The number of urea groups is 1. The summed E-state index contributed by atoms with van der Waals surface area (Å²) in [6.07, 6.45) is 1.59. The zero-order chi connectivity index (χ0) is 17.6. The minimum absolute atomic E-state index is 0.427. The smallest absolute Gasteiger partial charge is 0.339 e. The molecule has 2 N–H and O–H groups in total. The molecule has 0 heterocycles. The molecule has 0 aliphatic rings. The lowest BCUT2D eigenvalue weighted by atomic mass is 10.1. The molecule has 3 aromatic rings. The second-order valence-electron chi connectivity index (χ2n) is 5.30. The van der Waals surface area contributed by atoms with Crippen LogP contribution in [-0.2, 0) is 0 Å². The zero-order valence-corrected chi connectivity index (χ0v) is 14.2. The molecule has 126 valence electrons. The minimum Gasteiger partial charge on any atom is -0.497 e. The van der Waals surface area contributed by atoms with Gasteiger partial charge in [0.2, 0.25) is 0 Å². The number of carbonyl (C=O) groups is 1. The van der Waals surface area contributed by atoms with E-state index in [1.165, 1.54) is 0 Å². The van der Waals surface area contributed by atoms with Crippen molar-refractivity contribution in [2.45, 2.75) is 0 Å². The molecule has 0 aromatic heterocycles. The van der Waals surface area contributed by atoms with Gasteiger partial charge in [-0.3, -0.25) is 0 Å². The van der Waals surface area contributed by atoms with Gasteiger partial charge in [-0.1, -0.05) is 29.8 Å². The molecule has 0 spiro atoms. The van der Waals surface area contributed by atoms with E-state index in [1.807, 2.05) is 36.4 Å². The molecule has 5 nitrogen and oxygen atoms in total. The summed E-state index contributed by atoms with van der Waals surface area (Å²) in [4.78, 5) is 11.8. The third-order valence-electron chi connectivity index (χ3n) is 3.55. The highest BCUT2D eigenvalue weighted by atomic mass is 35.5. The van der Waals surface area contributed by atoms with E-state index >= 15 is 0 Å². The quantitative estimate of drug-likeness (QED) is 0.529. The number of carbonyl (C=O) groups excluding carboxylic acids is 1. The summed E-state index contributed by atoms with van der Waals surface area (Å²) in [5.74, 6) is 0.814. The summed E-state index contributed by atoms with van der Waals surface area (Å²) in [6.45, 7) is 0. The molecule has 0 saturated heterocycles. The predicted molar refractivity (Wildman–Crippen MR) is 102 cm³/mol. The van der Waals surface area contributed by atoms with Crippen LogP contribution < -0.4 is 15.5 Å². The lowest BCUT2D eigenvalue weighted by molar-refractivity contribution is 0.252. The number of amides is 2. The maximum atomic E-state index is 11.8. The highest BCUT2D eigenvalue weighted by molar-refractivity contribution is 6.30. The standard InChI is InChI=1S/C19H16ClN3O2/c1-25-18-9-4-14-10-13(2-3-15(14)11-18)12-21-23-19(24)22-17-7-5-16(20)6-8-17/h2-12H,1H3,(H2,22,23,24)/b21-12+. The Morgan fingerprint density at radius 2 is 1.76 bits per heavy atom. The second kappa shape index (κ2) is 7.68. The number of hydrogen-bond donors (Lipinski definition) is 2. The Labute approximate surface area is 150 Å². The SMILES string of the molecule is COc1ccc2cc(/C=N/NC(=O)Nc3ccc(Cl)cc3)ccc2c1. The van der Waals surface area contributed by atoms with Gasteiger partial charge < -0.3 is 10.1 Å². The molecule has 0 unspecified atom stereocenters. The molecule has 3 aromatic carbocycles. The number of rotatable bonds is 4. The monoisotopic (exact) mass is 353 g/mol. The normalized spacial score (nSPS) is 10.8. The van der Waals surface area contributed by atoms with Crippen molar-refractivity contribution in [2.24, 2.45) is 5.10 Å². The van der Waals surface area contributed by atoms with E-state index in [9.17, 15) is 4.79 Å². The van der Waals surface area contributed by atoms with Crippen molar-refractivity contribution in [1.29, 1.82) is 0 Å². The highest BCUT2D eigenvalue weighted by Gasteiger charge is 2.00. The summed E-state index contributed by atoms with van der Waals surface area (Å²) in [5, 5.41) is 9.37. The van der Waals surface area contributed by atoms with Crippen molar-refractivity contribution in [3.05, 3.63) is 71.2 Å². The maximum absolute atomic E-state index is 11.8. The van der Waals surface area contributed by atoms with Gasteiger partial charge in [-0.25, -0.2) is 10.2 Å². The Morgan fingerprint density at radius 1 is 1.04 bits per heavy atom. The number of hydrogen-bond acceptors (Lipinski definition) is 3. The zero-order valence-electron chi connectivity index (χ0n) is 13.5. The maximum Gasteiger partial charge on any atom is 0.339 e. The Bertz CT molecular complexity index is 924. The number of benzene rings is 3. The van der Waals surface area contributed by atoms with Gasteiger partial charge in [0.15, 0.2) is 0 Å². The first-order chi connectivity index (χ1) is 12.1. The number of methoxy groups -OCH3 is 1. The average Bonchev–Trinajstić information content (AvgIpc) is 2.63. The average molecular weight is 354 g/mol. The fraction of sp³-hybridized carbons (Fsp3) is 0.0526. The fourth-order valence-corrected chi connectivity index (χ4v) is 2.43. The number of hydrazone groups is 1. The van der Waals surface area contributed by atoms with Gasteiger partial charge in [0.05, 0.1) is 13.3 Å². The molecule has 0 saturated carbocycles. The number of nitrogens with one attached hydrogen (secondary N) is 2. The predicted octanol–water partition coefficient (Wildman–Crippen LogP) is 4.66. The van der Waals surface area contributed by atoms with Crippen molar-refractivity contribution in [2.75, 3.05) is 12.4 Å². The van der Waals surface area contributed by atoms with E-state index in [4.69, 9.17) is 16.3 Å². The van der Waals surface area contributed by atoms with Crippen molar-refractivity contribution >= 4 is 40.3 Å². The van der Waals surface area contributed by atoms with Crippen LogP contribution in [0.5, 0.6) is 5.75 Å². The van der Waals surface area contributed by atoms with Gasteiger partial charge in [-0.15, -0.1) is 0 Å². The third kappa shape index (κ3) is 4.49. The summed E-state index contributed by atoms with van der Waals surface area (Å²) in [6, 6.07) is 18.1. The van der Waals surface area contributed by atoms with Gasteiger partial charge in [0, 0.05) is 10.7 Å². The summed E-state index contributed by atoms with van der Waals surface area (Å²) in [7, 11) is 1.64. The molecule has 0 aliphatic carbocycles. The van der Waals surface area contributed by atoms with Crippen molar-refractivity contribution in [3.8, 4) is 5.75 Å². The first kappa shape index (κ1) is 16.8. The number of anilines is 1. The van der Waals surface area contributed by atoms with E-state index in [0.717, 1.165) is 22.1 Å². The Morgan fingerprint density at radius 3 is 2.52 bits per heavy atom. The summed E-state index contributed by atoms with van der Waals surface area (Å²) < 4.78 is 5.21. The first-order valence-electron chi connectivity index (χ1n) is 7.57. The largest absolute Gasteiger partial charge is 0.497 e. The van der Waals surface area contributed by atoms with Crippen LogP contribution in [0.4, 0.5) is 10.5 Å². The minimum atomic E-state index is -0.427. The lowest BCUT2D eigenvalue weighted by Crippen LogP contribution is -2.24. The molecule has 2 amide bonds. The van der Waals surface area contributed by atoms with Crippen LogP contribution in [0.25, 0.3) is 10.8 Å². The molecule has 25 heavy (non-hydrogen) atoms. The molecule has 0 aliphatic heterocycles. The van der Waals surface area contributed by atoms with Gasteiger partial charge >= 0.3 is 6.03 Å². The molecule has 0 bridgehead atoms. The second-order valence-corrected chi connectivity index (χ2v) is 5.74. The van der Waals surface area contributed by atoms with Crippen LogP contribution in [0.2, 0.25) is 5.02 Å². The molecule has 0 atom stereocenters. The van der Waals surface area contributed by atoms with Gasteiger partial charge in [-0.05, 0) is 58.8 Å². The van der Waals surface area contributed by atoms with Crippen molar-refractivity contribution < 1.29 is 9.53 Å². The highest BCUT2D eigenvalue weighted by Crippen LogP contribution is 2.21. The Hall–Kier alpha value is -3.05. The molecular weight excluding hydrogens is 338 g/mol. The van der Waals surface area contributed by atoms with Crippen LogP contribution in [0.15, 0.2) is 65.8 Å². The number of halogens is 1. The first-order valence-corrected chi connectivity index (χ1v) is 7.95. The lowest BCUT2D eigenvalue weighted by Gasteiger charge is -2.04. The Kier molecular flexibility index (Phi) is 5.16. The van der Waals surface area contributed by atoms with E-state index in [1.54, 1.807) is 37.6 Å². The van der Waals surface area contributed by atoms with E-state index in [0.29, 0.717) is 10.7 Å². The van der Waals surface area contributed by atoms with Gasteiger partial charge in [-0.2, -0.15) is 5.10 Å². The fourth-order valence-electron chi connectivity index (χ4n) is 2.31. The number of nitrogens with zero attached hydrogens (tertiary/aromatic N) is 1. The van der Waals surface area contributed by atoms with Crippen LogP contribution in [-0.4, -0.2) is 19.4 Å². The van der Waals surface area contributed by atoms with Gasteiger partial charge in [0.25, 0.3) is 0 Å². The Balaban J connectivity index is 1.62. The summed E-state index contributed by atoms with van der Waals surface area (Å²) >= 11 is 5.80. The summed E-state index contributed by atoms with van der Waals surface area (Å²) in [5.41, 5.74) is 3.94. The van der Waals surface area contributed by atoms with E-state index in [-0.39, 0.29) is 0 Å². The van der Waals surface area contributed by atoms with Crippen LogP contribution >= 0.6 is 11.6 Å². The van der Waals surface area contributed by atoms with Crippen LogP contribution in [0.3, 0.4) is 0 Å². The topological polar surface area (TPSA) is 62.7 Å². The van der Waals surface area contributed by atoms with Crippen LogP contribution in [0.1, 0.15) is 5.56 Å². The number of ether oxygens (including phenoxy) is 1. The number of fused-ring (bicyclic) bond motifs is 1. The van der Waals surface area contributed by atoms with Crippen LogP contribution in [0, 0.1) is 0 Å². The molecule has 0 fully saturated rings. The van der Waals surface area contributed by atoms with Crippen molar-refractivity contribution in [1.82, 2.24) is 5.43 Å².